The van der Waals surface area contributed by atoms with Gasteiger partial charge in [-0.2, -0.15) is 5.10 Å². The van der Waals surface area contributed by atoms with Gasteiger partial charge in [0, 0.05) is 4.47 Å². The van der Waals surface area contributed by atoms with Crippen LogP contribution in [0.15, 0.2) is 92.3 Å². The van der Waals surface area contributed by atoms with Crippen LogP contribution < -0.4 is 11.0 Å². The number of hydrogen-bond donors (Lipinski definition) is 1. The maximum Gasteiger partial charge on any atom is 0.266 e. The lowest BCUT2D eigenvalue weighted by Crippen LogP contribution is -2.24. The summed E-state index contributed by atoms with van der Waals surface area (Å²) >= 11 is 4.54. The van der Waals surface area contributed by atoms with Crippen molar-refractivity contribution in [1.29, 1.82) is 0 Å². The molecule has 1 aromatic heterocycles. The van der Waals surface area contributed by atoms with E-state index < -0.39 is 0 Å². The van der Waals surface area contributed by atoms with Crippen molar-refractivity contribution >= 4 is 50.2 Å². The van der Waals surface area contributed by atoms with Gasteiger partial charge < -0.3 is 0 Å². The minimum atomic E-state index is -0.355. The molecule has 3 aromatic carbocycles. The lowest BCUT2D eigenvalue weighted by Gasteiger charge is -2.13. The van der Waals surface area contributed by atoms with E-state index in [1.165, 1.54) is 16.7 Å². The Morgan fingerprint density at radius 3 is 2.52 bits per heavy atom. The van der Waals surface area contributed by atoms with Crippen LogP contribution in [0, 0.1) is 5.82 Å². The van der Waals surface area contributed by atoms with Crippen LogP contribution in [-0.2, 0) is 4.79 Å². The maximum atomic E-state index is 13.2. The second-order valence-corrected chi connectivity index (χ2v) is 8.91. The Kier molecular flexibility index (Phi) is 7.00. The molecular weight excluding hydrogens is 507 g/mol. The Morgan fingerprint density at radius 2 is 1.79 bits per heavy atom. The summed E-state index contributed by atoms with van der Waals surface area (Å²) in [5.41, 5.74) is 4.74. The number of halogens is 2. The van der Waals surface area contributed by atoms with Crippen LogP contribution in [-0.4, -0.2) is 26.9 Å². The number of aromatic nitrogens is 2. The molecule has 0 radical (unpaired) electrons. The monoisotopic (exact) mass is 524 g/mol. The highest BCUT2D eigenvalue weighted by atomic mass is 79.9. The molecule has 0 aliphatic heterocycles. The zero-order valence-electron chi connectivity index (χ0n) is 17.5. The van der Waals surface area contributed by atoms with Gasteiger partial charge in [-0.25, -0.2) is 14.8 Å². The van der Waals surface area contributed by atoms with E-state index in [2.05, 4.69) is 31.4 Å². The molecule has 33 heavy (non-hydrogen) atoms. The van der Waals surface area contributed by atoms with E-state index in [1.54, 1.807) is 37.3 Å². The standard InChI is InChI=1S/C24H18BrFN4O2S/c1-15(16-6-10-18(26)11-7-16)28-29-22(31)14-33-24-27-21-5-3-2-4-20(21)23(32)30(24)19-12-8-17(25)9-13-19/h2-13H,14H2,1H3,(H,29,31). The molecule has 1 N–H and O–H groups in total. The molecule has 1 heterocycles. The first-order chi connectivity index (χ1) is 15.9. The molecule has 0 spiro atoms. The Morgan fingerprint density at radius 1 is 1.09 bits per heavy atom. The second-order valence-electron chi connectivity index (χ2n) is 7.06. The van der Waals surface area contributed by atoms with E-state index in [0.29, 0.717) is 33.0 Å². The van der Waals surface area contributed by atoms with Crippen LogP contribution in [0.2, 0.25) is 0 Å². The number of nitrogens with one attached hydrogen (secondary N) is 1. The van der Waals surface area contributed by atoms with Crippen LogP contribution in [0.1, 0.15) is 12.5 Å². The molecule has 0 aliphatic rings. The molecule has 0 atom stereocenters. The van der Waals surface area contributed by atoms with Gasteiger partial charge in [-0.15, -0.1) is 0 Å². The Balaban J connectivity index is 1.57. The van der Waals surface area contributed by atoms with Crippen molar-refractivity contribution in [1.82, 2.24) is 15.0 Å². The maximum absolute atomic E-state index is 13.2. The third-order valence-electron chi connectivity index (χ3n) is 4.77. The predicted molar refractivity (Wildman–Crippen MR) is 133 cm³/mol. The number of benzene rings is 3. The quantitative estimate of drug-likeness (QED) is 0.168. The Hall–Kier alpha value is -3.30. The van der Waals surface area contributed by atoms with E-state index in [0.717, 1.165) is 16.2 Å². The number of para-hydroxylation sites is 1. The van der Waals surface area contributed by atoms with E-state index >= 15 is 0 Å². The molecular formula is C24H18BrFN4O2S. The van der Waals surface area contributed by atoms with Crippen molar-refractivity contribution < 1.29 is 9.18 Å². The van der Waals surface area contributed by atoms with Crippen LogP contribution in [0.25, 0.3) is 16.6 Å². The molecule has 0 bridgehead atoms. The highest BCUT2D eigenvalue weighted by Gasteiger charge is 2.15. The van der Waals surface area contributed by atoms with Gasteiger partial charge >= 0.3 is 0 Å². The summed E-state index contributed by atoms with van der Waals surface area (Å²) in [5, 5.41) is 4.97. The zero-order chi connectivity index (χ0) is 23.4. The first kappa shape index (κ1) is 22.9. The van der Waals surface area contributed by atoms with Crippen molar-refractivity contribution in [2.45, 2.75) is 12.1 Å². The molecule has 4 rings (SSSR count). The number of fused-ring (bicyclic) bond motifs is 1. The van der Waals surface area contributed by atoms with Gasteiger partial charge in [0.05, 0.1) is 28.1 Å². The largest absolute Gasteiger partial charge is 0.272 e. The number of hydrazone groups is 1. The van der Waals surface area contributed by atoms with Crippen molar-refractivity contribution in [3.63, 3.8) is 0 Å². The first-order valence-electron chi connectivity index (χ1n) is 9.92. The van der Waals surface area contributed by atoms with Crippen molar-refractivity contribution in [3.8, 4) is 5.69 Å². The fourth-order valence-electron chi connectivity index (χ4n) is 3.09. The van der Waals surface area contributed by atoms with Gasteiger partial charge in [-0.05, 0) is 61.0 Å². The fourth-order valence-corrected chi connectivity index (χ4v) is 4.16. The fraction of sp³-hybridized carbons (Fsp3) is 0.0833. The predicted octanol–water partition coefficient (Wildman–Crippen LogP) is 4.92. The molecule has 0 unspecified atom stereocenters. The summed E-state index contributed by atoms with van der Waals surface area (Å²) < 4.78 is 15.5. The van der Waals surface area contributed by atoms with Gasteiger partial charge in [-0.1, -0.05) is 52.0 Å². The molecule has 6 nitrogen and oxygen atoms in total. The molecule has 166 valence electrons. The van der Waals surface area contributed by atoms with Gasteiger partial charge in [0.15, 0.2) is 5.16 Å². The number of carbonyl (C=O) groups is 1. The van der Waals surface area contributed by atoms with Crippen molar-refractivity contribution in [3.05, 3.63) is 99.0 Å². The molecule has 0 saturated carbocycles. The lowest BCUT2D eigenvalue weighted by molar-refractivity contribution is -0.118. The highest BCUT2D eigenvalue weighted by molar-refractivity contribution is 9.10. The van der Waals surface area contributed by atoms with Crippen molar-refractivity contribution in [2.24, 2.45) is 5.10 Å². The zero-order valence-corrected chi connectivity index (χ0v) is 19.9. The number of carbonyl (C=O) groups excluding carboxylic acids is 1. The Bertz CT molecular complexity index is 1400. The number of nitrogens with zero attached hydrogens (tertiary/aromatic N) is 3. The smallest absolute Gasteiger partial charge is 0.266 e. The molecule has 1 amide bonds. The minimum Gasteiger partial charge on any atom is -0.272 e. The van der Waals surface area contributed by atoms with Crippen LogP contribution in [0.4, 0.5) is 4.39 Å². The van der Waals surface area contributed by atoms with Gasteiger partial charge in [0.2, 0.25) is 0 Å². The number of thioether (sulfide) groups is 1. The number of hydrogen-bond acceptors (Lipinski definition) is 5. The molecule has 9 heteroatoms. The van der Waals surface area contributed by atoms with Gasteiger partial charge in [-0.3, -0.25) is 14.2 Å². The van der Waals surface area contributed by atoms with Gasteiger partial charge in [0.25, 0.3) is 11.5 Å². The van der Waals surface area contributed by atoms with E-state index in [1.807, 2.05) is 30.3 Å². The highest BCUT2D eigenvalue weighted by Crippen LogP contribution is 2.22. The average molecular weight is 525 g/mol. The summed E-state index contributed by atoms with van der Waals surface area (Å²) in [6.45, 7) is 1.72. The molecule has 0 fully saturated rings. The summed E-state index contributed by atoms with van der Waals surface area (Å²) in [7, 11) is 0. The van der Waals surface area contributed by atoms with Crippen LogP contribution >= 0.6 is 27.7 Å². The Labute approximate surface area is 201 Å². The number of amides is 1. The van der Waals surface area contributed by atoms with E-state index in [9.17, 15) is 14.0 Å². The average Bonchev–Trinajstić information content (AvgIpc) is 2.82. The third-order valence-corrected chi connectivity index (χ3v) is 6.24. The van der Waals surface area contributed by atoms with Crippen LogP contribution in [0.5, 0.6) is 0 Å². The second kappa shape index (κ2) is 10.1. The minimum absolute atomic E-state index is 0.00149. The van der Waals surface area contributed by atoms with Crippen LogP contribution in [0.3, 0.4) is 0 Å². The van der Waals surface area contributed by atoms with E-state index in [-0.39, 0.29) is 23.0 Å². The summed E-state index contributed by atoms with van der Waals surface area (Å²) in [6.07, 6.45) is 0. The molecule has 0 aliphatic carbocycles. The number of rotatable bonds is 6. The lowest BCUT2D eigenvalue weighted by atomic mass is 10.1. The van der Waals surface area contributed by atoms with Gasteiger partial charge in [0.1, 0.15) is 5.82 Å². The summed E-state index contributed by atoms with van der Waals surface area (Å²) in [4.78, 5) is 30.3. The van der Waals surface area contributed by atoms with E-state index in [4.69, 9.17) is 0 Å². The molecule has 0 saturated heterocycles. The normalized spacial score (nSPS) is 11.5. The van der Waals surface area contributed by atoms with Crippen molar-refractivity contribution in [2.75, 3.05) is 5.75 Å². The topological polar surface area (TPSA) is 76.3 Å². The SMILES string of the molecule is CC(=NNC(=O)CSc1nc2ccccc2c(=O)n1-c1ccc(Br)cc1)c1ccc(F)cc1. The summed E-state index contributed by atoms with van der Waals surface area (Å²) in [5.74, 6) is -0.695. The summed E-state index contributed by atoms with van der Waals surface area (Å²) in [6, 6.07) is 20.2. The third kappa shape index (κ3) is 5.37. The first-order valence-corrected chi connectivity index (χ1v) is 11.7. The molecule has 4 aromatic rings.